The summed E-state index contributed by atoms with van der Waals surface area (Å²) in [7, 11) is 1.85. The van der Waals surface area contributed by atoms with Gasteiger partial charge in [-0.05, 0) is 31.6 Å². The van der Waals surface area contributed by atoms with Crippen molar-refractivity contribution in [1.29, 1.82) is 0 Å². The van der Waals surface area contributed by atoms with Crippen molar-refractivity contribution in [3.8, 4) is 0 Å². The minimum atomic E-state index is -0.385. The van der Waals surface area contributed by atoms with Gasteiger partial charge in [0.15, 0.2) is 0 Å². The van der Waals surface area contributed by atoms with Crippen LogP contribution in [0.4, 0.5) is 0 Å². The Balaban J connectivity index is 1.70. The third-order valence-corrected chi connectivity index (χ3v) is 4.98. The molecule has 3 heterocycles. The molecule has 6 nitrogen and oxygen atoms in total. The number of carbonyl (C=O) groups is 2. The topological polar surface area (TPSA) is 66.7 Å². The van der Waals surface area contributed by atoms with E-state index in [1.54, 1.807) is 15.9 Å². The zero-order chi connectivity index (χ0) is 16.6. The molecule has 2 aliphatic rings. The molecule has 2 amide bonds. The second-order valence-electron chi connectivity index (χ2n) is 7.37. The number of nitrogens with zero attached hydrogens (tertiary/aromatic N) is 3. The van der Waals surface area contributed by atoms with E-state index in [1.165, 1.54) is 0 Å². The van der Waals surface area contributed by atoms with Crippen molar-refractivity contribution in [2.75, 3.05) is 26.7 Å². The van der Waals surface area contributed by atoms with Crippen molar-refractivity contribution in [3.05, 3.63) is 17.5 Å². The first-order chi connectivity index (χ1) is 10.9. The highest BCUT2D eigenvalue weighted by Crippen LogP contribution is 2.40. The largest absolute Gasteiger partial charge is 0.351 e. The lowest BCUT2D eigenvalue weighted by atomic mass is 9.78. The standard InChI is InChI=1S/C17H25N3O3/c1-12(2)9-13-10-14(23-18-13)15(21)20-8-6-17(11-20)5-4-7-19(3)16(17)22/h10,12H,4-9,11H2,1-3H3. The van der Waals surface area contributed by atoms with Gasteiger partial charge in [-0.15, -0.1) is 0 Å². The fourth-order valence-electron chi connectivity index (χ4n) is 3.78. The third kappa shape index (κ3) is 2.99. The summed E-state index contributed by atoms with van der Waals surface area (Å²) in [5.74, 6) is 0.783. The molecule has 1 aromatic rings. The van der Waals surface area contributed by atoms with E-state index >= 15 is 0 Å². The van der Waals surface area contributed by atoms with Crippen LogP contribution in [-0.2, 0) is 11.2 Å². The Hall–Kier alpha value is -1.85. The van der Waals surface area contributed by atoms with E-state index in [0.717, 1.165) is 37.9 Å². The second-order valence-corrected chi connectivity index (χ2v) is 7.37. The van der Waals surface area contributed by atoms with Gasteiger partial charge in [0.05, 0.1) is 11.1 Å². The Morgan fingerprint density at radius 2 is 2.17 bits per heavy atom. The van der Waals surface area contributed by atoms with E-state index in [0.29, 0.717) is 19.0 Å². The number of piperidine rings is 1. The third-order valence-electron chi connectivity index (χ3n) is 4.98. The summed E-state index contributed by atoms with van der Waals surface area (Å²) in [5.41, 5.74) is 0.425. The van der Waals surface area contributed by atoms with Gasteiger partial charge in [0.1, 0.15) is 0 Å². The highest BCUT2D eigenvalue weighted by atomic mass is 16.5. The normalized spacial score (nSPS) is 25.0. The average Bonchev–Trinajstić information content (AvgIpc) is 3.12. The van der Waals surface area contributed by atoms with Crippen LogP contribution in [0.25, 0.3) is 0 Å². The number of amides is 2. The molecule has 0 saturated carbocycles. The lowest BCUT2D eigenvalue weighted by Gasteiger charge is -2.37. The predicted molar refractivity (Wildman–Crippen MR) is 84.9 cm³/mol. The van der Waals surface area contributed by atoms with Gasteiger partial charge < -0.3 is 14.3 Å². The SMILES string of the molecule is CC(C)Cc1cc(C(=O)N2CCC3(CCCN(C)C3=O)C2)on1. The van der Waals surface area contributed by atoms with Crippen molar-refractivity contribution in [3.63, 3.8) is 0 Å². The Labute approximate surface area is 136 Å². The molecular weight excluding hydrogens is 294 g/mol. The van der Waals surface area contributed by atoms with Crippen molar-refractivity contribution in [1.82, 2.24) is 15.0 Å². The molecule has 23 heavy (non-hydrogen) atoms. The number of hydrogen-bond acceptors (Lipinski definition) is 4. The van der Waals surface area contributed by atoms with Gasteiger partial charge in [-0.25, -0.2) is 0 Å². The van der Waals surface area contributed by atoms with Crippen LogP contribution in [0.15, 0.2) is 10.6 Å². The summed E-state index contributed by atoms with van der Waals surface area (Å²) in [6.07, 6.45) is 3.42. The van der Waals surface area contributed by atoms with Crippen molar-refractivity contribution in [2.24, 2.45) is 11.3 Å². The molecule has 0 N–H and O–H groups in total. The van der Waals surface area contributed by atoms with Crippen LogP contribution in [0.3, 0.4) is 0 Å². The average molecular weight is 319 g/mol. The molecule has 0 bridgehead atoms. The van der Waals surface area contributed by atoms with Gasteiger partial charge in [0.2, 0.25) is 11.7 Å². The van der Waals surface area contributed by atoms with Crippen molar-refractivity contribution >= 4 is 11.8 Å². The molecule has 1 aromatic heterocycles. The van der Waals surface area contributed by atoms with E-state index in [-0.39, 0.29) is 23.0 Å². The first-order valence-corrected chi connectivity index (χ1v) is 8.42. The van der Waals surface area contributed by atoms with E-state index in [1.807, 2.05) is 7.05 Å². The summed E-state index contributed by atoms with van der Waals surface area (Å²) in [4.78, 5) is 28.7. The molecular formula is C17H25N3O3. The van der Waals surface area contributed by atoms with Crippen LogP contribution < -0.4 is 0 Å². The molecule has 0 aromatic carbocycles. The van der Waals surface area contributed by atoms with Gasteiger partial charge >= 0.3 is 0 Å². The van der Waals surface area contributed by atoms with E-state index < -0.39 is 0 Å². The Kier molecular flexibility index (Phi) is 4.17. The summed E-state index contributed by atoms with van der Waals surface area (Å²) in [5, 5.41) is 3.98. The zero-order valence-corrected chi connectivity index (χ0v) is 14.2. The molecule has 6 heteroatoms. The molecule has 1 unspecified atom stereocenters. The van der Waals surface area contributed by atoms with E-state index in [4.69, 9.17) is 4.52 Å². The van der Waals surface area contributed by atoms with Gasteiger partial charge in [-0.1, -0.05) is 19.0 Å². The quantitative estimate of drug-likeness (QED) is 0.854. The maximum atomic E-state index is 12.6. The molecule has 2 aliphatic heterocycles. The van der Waals surface area contributed by atoms with Crippen molar-refractivity contribution < 1.29 is 14.1 Å². The molecule has 0 radical (unpaired) electrons. The zero-order valence-electron chi connectivity index (χ0n) is 14.2. The van der Waals surface area contributed by atoms with Gasteiger partial charge in [-0.3, -0.25) is 9.59 Å². The maximum absolute atomic E-state index is 12.6. The first kappa shape index (κ1) is 16.0. The summed E-state index contributed by atoms with van der Waals surface area (Å²) in [6.45, 7) is 6.13. The second kappa shape index (κ2) is 5.98. The molecule has 126 valence electrons. The monoisotopic (exact) mass is 319 g/mol. The molecule has 3 rings (SSSR count). The smallest absolute Gasteiger partial charge is 0.292 e. The summed E-state index contributed by atoms with van der Waals surface area (Å²) >= 11 is 0. The molecule has 1 atom stereocenters. The number of likely N-dealkylation sites (tertiary alicyclic amines) is 2. The van der Waals surface area contributed by atoms with Crippen LogP contribution in [0, 0.1) is 11.3 Å². The lowest BCUT2D eigenvalue weighted by Crippen LogP contribution is -2.48. The number of hydrogen-bond donors (Lipinski definition) is 0. The van der Waals surface area contributed by atoms with E-state index in [9.17, 15) is 9.59 Å². The number of aromatic nitrogens is 1. The number of rotatable bonds is 3. The lowest BCUT2D eigenvalue weighted by molar-refractivity contribution is -0.143. The number of carbonyl (C=O) groups excluding carboxylic acids is 2. The molecule has 1 spiro atoms. The Morgan fingerprint density at radius 1 is 1.39 bits per heavy atom. The van der Waals surface area contributed by atoms with Crippen molar-refractivity contribution in [2.45, 2.75) is 39.5 Å². The minimum Gasteiger partial charge on any atom is -0.351 e. The Bertz CT molecular complexity index is 610. The molecule has 2 fully saturated rings. The fraction of sp³-hybridized carbons (Fsp3) is 0.706. The summed E-state index contributed by atoms with van der Waals surface area (Å²) in [6, 6.07) is 1.74. The first-order valence-electron chi connectivity index (χ1n) is 8.42. The van der Waals surface area contributed by atoms with Crippen LogP contribution in [-0.4, -0.2) is 53.5 Å². The van der Waals surface area contributed by atoms with Gasteiger partial charge in [0.25, 0.3) is 5.91 Å². The van der Waals surface area contributed by atoms with Crippen LogP contribution >= 0.6 is 0 Å². The van der Waals surface area contributed by atoms with E-state index in [2.05, 4.69) is 19.0 Å². The minimum absolute atomic E-state index is 0.148. The Morgan fingerprint density at radius 3 is 2.91 bits per heavy atom. The van der Waals surface area contributed by atoms with Crippen LogP contribution in [0.2, 0.25) is 0 Å². The fourth-order valence-corrected chi connectivity index (χ4v) is 3.78. The molecule has 0 aliphatic carbocycles. The van der Waals surface area contributed by atoms with Gasteiger partial charge in [0, 0.05) is 32.7 Å². The van der Waals surface area contributed by atoms with Crippen LogP contribution in [0.5, 0.6) is 0 Å². The maximum Gasteiger partial charge on any atom is 0.292 e. The highest BCUT2D eigenvalue weighted by Gasteiger charge is 2.49. The predicted octanol–water partition coefficient (Wildman–Crippen LogP) is 1.96. The highest BCUT2D eigenvalue weighted by molar-refractivity contribution is 5.93. The van der Waals surface area contributed by atoms with Crippen LogP contribution in [0.1, 0.15) is 49.4 Å². The summed E-state index contributed by atoms with van der Waals surface area (Å²) < 4.78 is 5.23. The van der Waals surface area contributed by atoms with Gasteiger partial charge in [-0.2, -0.15) is 0 Å². The molecule has 2 saturated heterocycles.